The molecular weight excluding hydrogens is 676 g/mol. The Hall–Kier alpha value is 3.15. The fourth-order valence-corrected chi connectivity index (χ4v) is 4.09. The molecule has 10 heteroatoms. The van der Waals surface area contributed by atoms with Crippen molar-refractivity contribution in [3.8, 4) is 0 Å². The maximum atomic E-state index is 12.6. The fourth-order valence-electron chi connectivity index (χ4n) is 0.479. The zero-order chi connectivity index (χ0) is 12.7. The lowest BCUT2D eigenvalue weighted by Crippen LogP contribution is -2.42. The van der Waals surface area contributed by atoms with E-state index in [1.165, 1.54) is 0 Å². The Kier molecular flexibility index (Phi) is 6.83. The highest BCUT2D eigenvalue weighted by molar-refractivity contribution is 9.41. The average molecular weight is 678 g/mol. The van der Waals surface area contributed by atoms with Crippen molar-refractivity contribution in [1.29, 1.82) is 0 Å². The normalized spacial score (nSPS) is 15.6. The smallest absolute Gasteiger partial charge is 0.168 e. The zero-order valence-corrected chi connectivity index (χ0v) is 17.6. The molecule has 0 saturated heterocycles. The predicted octanol–water partition coefficient (Wildman–Crippen LogP) is 6.75. The van der Waals surface area contributed by atoms with Crippen LogP contribution in [0.25, 0.3) is 0 Å². The molecule has 0 unspecified atom stereocenters. The third-order valence-corrected chi connectivity index (χ3v) is 9.71. The summed E-state index contributed by atoms with van der Waals surface area (Å²) >= 11 is 20.9. The zero-order valence-electron chi connectivity index (χ0n) is 6.49. The minimum absolute atomic E-state index is 0.328. The molecular formula is C5H2Br7F3. The van der Waals surface area contributed by atoms with Crippen molar-refractivity contribution in [2.45, 2.75) is 21.2 Å². The Morgan fingerprint density at radius 1 is 0.667 bits per heavy atom. The van der Waals surface area contributed by atoms with E-state index in [4.69, 9.17) is 0 Å². The van der Waals surface area contributed by atoms with Crippen molar-refractivity contribution >= 4 is 112 Å². The van der Waals surface area contributed by atoms with Crippen molar-refractivity contribution in [2.24, 2.45) is 0 Å². The molecule has 0 atom stereocenters. The first-order valence-electron chi connectivity index (χ1n) is 3.10. The van der Waals surface area contributed by atoms with Gasteiger partial charge in [-0.2, -0.15) is 13.2 Å². The molecule has 0 aliphatic carbocycles. The van der Waals surface area contributed by atoms with Gasteiger partial charge in [-0.3, -0.25) is 0 Å². The molecule has 0 aliphatic heterocycles. The SMILES string of the molecule is FC(F)(F)C(Br)(Br)CC(Br)(Br)C(Br)(Br)Br. The minimum Gasteiger partial charge on any atom is -0.168 e. The molecule has 92 valence electrons. The number of alkyl halides is 10. The van der Waals surface area contributed by atoms with Gasteiger partial charge < -0.3 is 0 Å². The Balaban J connectivity index is 4.89. The maximum absolute atomic E-state index is 12.6. The summed E-state index contributed by atoms with van der Waals surface area (Å²) in [6, 6.07) is 0. The van der Waals surface area contributed by atoms with Crippen LogP contribution in [0.1, 0.15) is 6.42 Å². The van der Waals surface area contributed by atoms with Gasteiger partial charge >= 0.3 is 6.18 Å². The molecule has 0 spiro atoms. The van der Waals surface area contributed by atoms with Crippen LogP contribution < -0.4 is 0 Å². The van der Waals surface area contributed by atoms with Crippen LogP contribution in [0, 0.1) is 0 Å². The summed E-state index contributed by atoms with van der Waals surface area (Å²) < 4.78 is 33.6. The van der Waals surface area contributed by atoms with Gasteiger partial charge in [0.2, 0.25) is 0 Å². The Bertz CT molecular complexity index is 204. The highest BCUT2D eigenvalue weighted by atomic mass is 80.0. The van der Waals surface area contributed by atoms with Crippen LogP contribution in [-0.4, -0.2) is 14.8 Å². The Morgan fingerprint density at radius 3 is 1.20 bits per heavy atom. The van der Waals surface area contributed by atoms with Gasteiger partial charge in [0.05, 0.1) is 0 Å². The number of hydrogen-bond donors (Lipinski definition) is 0. The quantitative estimate of drug-likeness (QED) is 0.284. The second kappa shape index (κ2) is 5.64. The van der Waals surface area contributed by atoms with Crippen molar-refractivity contribution in [1.82, 2.24) is 0 Å². The van der Waals surface area contributed by atoms with Gasteiger partial charge in [-0.15, -0.1) is 0 Å². The predicted molar refractivity (Wildman–Crippen MR) is 81.4 cm³/mol. The first-order chi connectivity index (χ1) is 6.21. The highest BCUT2D eigenvalue weighted by Gasteiger charge is 2.58. The summed E-state index contributed by atoms with van der Waals surface area (Å²) in [7, 11) is 0. The van der Waals surface area contributed by atoms with Crippen LogP contribution in [-0.2, 0) is 0 Å². The van der Waals surface area contributed by atoms with E-state index in [-0.39, 0.29) is 6.42 Å². The van der Waals surface area contributed by atoms with Crippen molar-refractivity contribution in [3.05, 3.63) is 0 Å². The molecule has 0 aromatic carbocycles. The van der Waals surface area contributed by atoms with Crippen molar-refractivity contribution in [2.75, 3.05) is 0 Å². The first-order valence-corrected chi connectivity index (χ1v) is 8.65. The molecule has 0 saturated carbocycles. The molecule has 0 amide bonds. The van der Waals surface area contributed by atoms with E-state index in [9.17, 15) is 13.2 Å². The number of hydrogen-bond acceptors (Lipinski definition) is 0. The molecule has 0 bridgehead atoms. The average Bonchev–Trinajstić information content (AvgIpc) is 1.77. The lowest BCUT2D eigenvalue weighted by atomic mass is 10.2. The van der Waals surface area contributed by atoms with E-state index in [0.29, 0.717) is 0 Å². The van der Waals surface area contributed by atoms with E-state index in [1.54, 1.807) is 0 Å². The largest absolute Gasteiger partial charge is 0.413 e. The summed E-state index contributed by atoms with van der Waals surface area (Å²) in [6.07, 6.45) is -4.75. The van der Waals surface area contributed by atoms with E-state index in [0.717, 1.165) is 0 Å². The third-order valence-electron chi connectivity index (χ3n) is 1.27. The van der Waals surface area contributed by atoms with Crippen molar-refractivity contribution in [3.63, 3.8) is 0 Å². The minimum atomic E-state index is -4.42. The summed E-state index contributed by atoms with van der Waals surface area (Å²) in [6.45, 7) is 0. The molecule has 0 N–H and O–H groups in total. The Labute approximate surface area is 144 Å². The van der Waals surface area contributed by atoms with Crippen LogP contribution >= 0.6 is 112 Å². The number of halogens is 10. The molecule has 0 radical (unpaired) electrons. The van der Waals surface area contributed by atoms with Crippen LogP contribution in [0.4, 0.5) is 13.2 Å². The molecule has 0 aromatic heterocycles. The third kappa shape index (κ3) is 5.34. The van der Waals surface area contributed by atoms with Gasteiger partial charge in [0, 0.05) is 6.42 Å². The monoisotopic (exact) mass is 671 g/mol. The molecule has 0 heterocycles. The van der Waals surface area contributed by atoms with E-state index < -0.39 is 14.8 Å². The molecule has 0 aromatic rings. The first kappa shape index (κ1) is 18.1. The van der Waals surface area contributed by atoms with E-state index in [1.807, 2.05) is 0 Å². The van der Waals surface area contributed by atoms with Gasteiger partial charge in [-0.25, -0.2) is 0 Å². The highest BCUT2D eigenvalue weighted by Crippen LogP contribution is 2.60. The molecule has 0 aliphatic rings. The van der Waals surface area contributed by atoms with Gasteiger partial charge in [0.15, 0.2) is 5.38 Å². The van der Waals surface area contributed by atoms with Gasteiger partial charge in [0.1, 0.15) is 3.23 Å². The molecule has 0 nitrogen and oxygen atoms in total. The topological polar surface area (TPSA) is 0 Å². The van der Waals surface area contributed by atoms with Gasteiger partial charge in [-0.1, -0.05) is 112 Å². The molecule has 0 rings (SSSR count). The standard InChI is InChI=1S/C5H2Br7F3/c6-2(7,4(10,11)12)1-3(8,9)5(13,14)15/h1H2. The second-order valence-corrected chi connectivity index (χ2v) is 16.9. The van der Waals surface area contributed by atoms with Crippen LogP contribution in [0.3, 0.4) is 0 Å². The van der Waals surface area contributed by atoms with Crippen molar-refractivity contribution < 1.29 is 13.2 Å². The lowest BCUT2D eigenvalue weighted by Gasteiger charge is -2.35. The fraction of sp³-hybridized carbons (Fsp3) is 1.00. The molecule has 0 fully saturated rings. The van der Waals surface area contributed by atoms with Crippen LogP contribution in [0.5, 0.6) is 0 Å². The van der Waals surface area contributed by atoms with E-state index in [2.05, 4.69) is 112 Å². The lowest BCUT2D eigenvalue weighted by molar-refractivity contribution is -0.135. The second-order valence-electron chi connectivity index (χ2n) is 2.58. The summed E-state index contributed by atoms with van der Waals surface area (Å²) in [5.41, 5.74) is 0. The Morgan fingerprint density at radius 2 is 1.00 bits per heavy atom. The number of rotatable bonds is 2. The summed E-state index contributed by atoms with van der Waals surface area (Å²) in [4.78, 5) is 0. The summed E-state index contributed by atoms with van der Waals surface area (Å²) in [5, 5.41) is 0. The van der Waals surface area contributed by atoms with Crippen LogP contribution in [0.2, 0.25) is 0 Å². The maximum Gasteiger partial charge on any atom is 0.413 e. The van der Waals surface area contributed by atoms with Gasteiger partial charge in [0.25, 0.3) is 0 Å². The summed E-state index contributed by atoms with van der Waals surface area (Å²) in [5.74, 6) is 0. The van der Waals surface area contributed by atoms with Crippen LogP contribution in [0.15, 0.2) is 0 Å². The molecule has 15 heavy (non-hydrogen) atoms. The van der Waals surface area contributed by atoms with Gasteiger partial charge in [-0.05, 0) is 0 Å². The van der Waals surface area contributed by atoms with E-state index >= 15 is 0 Å².